The van der Waals surface area contributed by atoms with Gasteiger partial charge >= 0.3 is 0 Å². The van der Waals surface area contributed by atoms with Crippen LogP contribution in [-0.2, 0) is 9.47 Å². The molecule has 1 saturated heterocycles. The molecule has 0 saturated carbocycles. The lowest BCUT2D eigenvalue weighted by atomic mass is 10.1. The number of benzene rings is 1. The van der Waals surface area contributed by atoms with E-state index in [4.69, 9.17) is 9.47 Å². The van der Waals surface area contributed by atoms with Crippen LogP contribution in [0.2, 0.25) is 0 Å². The normalized spacial score (nSPS) is 18.4. The summed E-state index contributed by atoms with van der Waals surface area (Å²) in [5.41, 5.74) is 1.31. The molecule has 1 fully saturated rings. The molecule has 0 spiro atoms. The zero-order valence-corrected chi connectivity index (χ0v) is 12.5. The highest BCUT2D eigenvalue weighted by Crippen LogP contribution is 2.26. The van der Waals surface area contributed by atoms with E-state index in [0.29, 0.717) is 6.04 Å². The summed E-state index contributed by atoms with van der Waals surface area (Å²) >= 11 is 3.61. The van der Waals surface area contributed by atoms with Gasteiger partial charge in [-0.3, -0.25) is 4.90 Å². The maximum absolute atomic E-state index is 5.45. The van der Waals surface area contributed by atoms with Crippen LogP contribution in [0.15, 0.2) is 28.7 Å². The van der Waals surface area contributed by atoms with Crippen LogP contribution < -0.4 is 0 Å². The third-order valence-corrected chi connectivity index (χ3v) is 4.15. The predicted octanol–water partition coefficient (Wildman–Crippen LogP) is 3.20. The number of hydrogen-bond acceptors (Lipinski definition) is 3. The molecule has 0 aromatic heterocycles. The summed E-state index contributed by atoms with van der Waals surface area (Å²) in [5.74, 6) is 0. The van der Waals surface area contributed by atoms with E-state index in [-0.39, 0.29) is 6.29 Å². The van der Waals surface area contributed by atoms with Crippen LogP contribution in [0.3, 0.4) is 0 Å². The Bertz CT molecular complexity index is 380. The second-order valence-corrected chi connectivity index (χ2v) is 5.49. The lowest BCUT2D eigenvalue weighted by Crippen LogP contribution is -2.27. The minimum absolute atomic E-state index is 0.0149. The van der Waals surface area contributed by atoms with Gasteiger partial charge in [0.25, 0.3) is 0 Å². The Morgan fingerprint density at radius 3 is 2.67 bits per heavy atom. The standard InChI is InChI=1S/C14H20BrNO2/c1-11(12-5-3-4-6-13(12)15)16(2)8-7-14-17-9-10-18-14/h3-6,11,14H,7-10H2,1-2H3/t11-/m1/s1. The van der Waals surface area contributed by atoms with Gasteiger partial charge in [-0.2, -0.15) is 0 Å². The molecule has 0 radical (unpaired) electrons. The van der Waals surface area contributed by atoms with Gasteiger partial charge in [0.1, 0.15) is 0 Å². The van der Waals surface area contributed by atoms with Crippen LogP contribution in [0.1, 0.15) is 24.9 Å². The summed E-state index contributed by atoms with van der Waals surface area (Å²) in [7, 11) is 2.14. The fourth-order valence-electron chi connectivity index (χ4n) is 2.13. The molecule has 4 heteroatoms. The smallest absolute Gasteiger partial charge is 0.159 e. The summed E-state index contributed by atoms with van der Waals surface area (Å²) in [6, 6.07) is 8.74. The quantitative estimate of drug-likeness (QED) is 0.833. The Balaban J connectivity index is 1.88. The Labute approximate surface area is 117 Å². The van der Waals surface area contributed by atoms with Gasteiger partial charge in [0.15, 0.2) is 6.29 Å². The Morgan fingerprint density at radius 2 is 2.00 bits per heavy atom. The van der Waals surface area contributed by atoms with Crippen molar-refractivity contribution in [1.82, 2.24) is 4.90 Å². The van der Waals surface area contributed by atoms with Gasteiger partial charge in [-0.15, -0.1) is 0 Å². The molecule has 1 heterocycles. The third kappa shape index (κ3) is 3.54. The van der Waals surface area contributed by atoms with Crippen LogP contribution in [-0.4, -0.2) is 38.0 Å². The first-order valence-electron chi connectivity index (χ1n) is 6.36. The molecule has 1 aliphatic rings. The SMILES string of the molecule is C[C@H](c1ccccc1Br)N(C)CCC1OCCO1. The fourth-order valence-corrected chi connectivity index (χ4v) is 2.74. The number of hydrogen-bond donors (Lipinski definition) is 0. The van der Waals surface area contributed by atoms with E-state index < -0.39 is 0 Å². The third-order valence-electron chi connectivity index (χ3n) is 3.42. The van der Waals surface area contributed by atoms with E-state index in [1.165, 1.54) is 5.56 Å². The summed E-state index contributed by atoms with van der Waals surface area (Å²) < 4.78 is 12.1. The van der Waals surface area contributed by atoms with Crippen molar-refractivity contribution in [2.45, 2.75) is 25.7 Å². The number of rotatable bonds is 5. The molecule has 0 aliphatic carbocycles. The highest BCUT2D eigenvalue weighted by molar-refractivity contribution is 9.10. The van der Waals surface area contributed by atoms with Gasteiger partial charge in [0, 0.05) is 23.5 Å². The van der Waals surface area contributed by atoms with Crippen molar-refractivity contribution in [3.8, 4) is 0 Å². The number of ether oxygens (including phenoxy) is 2. The summed E-state index contributed by atoms with van der Waals surface area (Å²) in [6.07, 6.45) is 0.907. The van der Waals surface area contributed by atoms with Crippen molar-refractivity contribution in [2.24, 2.45) is 0 Å². The largest absolute Gasteiger partial charge is 0.350 e. The lowest BCUT2D eigenvalue weighted by Gasteiger charge is -2.26. The highest BCUT2D eigenvalue weighted by atomic mass is 79.9. The van der Waals surface area contributed by atoms with E-state index in [0.717, 1.165) is 30.7 Å². The average Bonchev–Trinajstić information content (AvgIpc) is 2.89. The van der Waals surface area contributed by atoms with Gasteiger partial charge < -0.3 is 9.47 Å². The molecule has 100 valence electrons. The zero-order chi connectivity index (χ0) is 13.0. The molecule has 3 nitrogen and oxygen atoms in total. The monoisotopic (exact) mass is 313 g/mol. The second-order valence-electron chi connectivity index (χ2n) is 4.64. The first kappa shape index (κ1) is 14.0. The summed E-state index contributed by atoms with van der Waals surface area (Å²) in [6.45, 7) is 4.64. The van der Waals surface area contributed by atoms with Crippen molar-refractivity contribution in [2.75, 3.05) is 26.8 Å². The molecule has 0 unspecified atom stereocenters. The van der Waals surface area contributed by atoms with Crippen molar-refractivity contribution >= 4 is 15.9 Å². The van der Waals surface area contributed by atoms with E-state index >= 15 is 0 Å². The van der Waals surface area contributed by atoms with Gasteiger partial charge in [0.2, 0.25) is 0 Å². The summed E-state index contributed by atoms with van der Waals surface area (Å²) in [4.78, 5) is 2.32. The van der Waals surface area contributed by atoms with Gasteiger partial charge in [-0.05, 0) is 25.6 Å². The Kier molecular flexibility index (Phi) is 5.18. The molecule has 0 N–H and O–H groups in total. The minimum Gasteiger partial charge on any atom is -0.350 e. The van der Waals surface area contributed by atoms with Crippen molar-refractivity contribution in [3.63, 3.8) is 0 Å². The Hall–Kier alpha value is -0.420. The molecule has 18 heavy (non-hydrogen) atoms. The van der Waals surface area contributed by atoms with Crippen molar-refractivity contribution < 1.29 is 9.47 Å². The van der Waals surface area contributed by atoms with Crippen LogP contribution >= 0.6 is 15.9 Å². The first-order chi connectivity index (χ1) is 8.68. The highest BCUT2D eigenvalue weighted by Gasteiger charge is 2.19. The fraction of sp³-hybridized carbons (Fsp3) is 0.571. The van der Waals surface area contributed by atoms with E-state index in [9.17, 15) is 0 Å². The van der Waals surface area contributed by atoms with Gasteiger partial charge in [-0.1, -0.05) is 34.1 Å². The van der Waals surface area contributed by atoms with E-state index in [1.807, 2.05) is 6.07 Å². The maximum Gasteiger partial charge on any atom is 0.159 e. The molecule has 0 amide bonds. The molecule has 1 aliphatic heterocycles. The molecular formula is C14H20BrNO2. The predicted molar refractivity (Wildman–Crippen MR) is 75.5 cm³/mol. The topological polar surface area (TPSA) is 21.7 Å². The van der Waals surface area contributed by atoms with Crippen LogP contribution in [0.4, 0.5) is 0 Å². The molecule has 1 aromatic carbocycles. The number of halogens is 1. The lowest BCUT2D eigenvalue weighted by molar-refractivity contribution is -0.0518. The van der Waals surface area contributed by atoms with Gasteiger partial charge in [-0.25, -0.2) is 0 Å². The molecule has 1 aromatic rings. The molecule has 2 rings (SSSR count). The number of nitrogens with zero attached hydrogens (tertiary/aromatic N) is 1. The van der Waals surface area contributed by atoms with Crippen molar-refractivity contribution in [1.29, 1.82) is 0 Å². The molecule has 0 bridgehead atoms. The van der Waals surface area contributed by atoms with Crippen LogP contribution in [0.5, 0.6) is 0 Å². The zero-order valence-electron chi connectivity index (χ0n) is 10.9. The van der Waals surface area contributed by atoms with E-state index in [2.05, 4.69) is 53.0 Å². The average molecular weight is 314 g/mol. The van der Waals surface area contributed by atoms with Crippen molar-refractivity contribution in [3.05, 3.63) is 34.3 Å². The van der Waals surface area contributed by atoms with Gasteiger partial charge in [0.05, 0.1) is 13.2 Å². The Morgan fingerprint density at radius 1 is 1.33 bits per heavy atom. The maximum atomic E-state index is 5.45. The molecular weight excluding hydrogens is 294 g/mol. The minimum atomic E-state index is -0.0149. The summed E-state index contributed by atoms with van der Waals surface area (Å²) in [5, 5.41) is 0. The molecule has 1 atom stereocenters. The van der Waals surface area contributed by atoms with E-state index in [1.54, 1.807) is 0 Å². The van der Waals surface area contributed by atoms with Crippen LogP contribution in [0.25, 0.3) is 0 Å². The van der Waals surface area contributed by atoms with Crippen LogP contribution in [0, 0.1) is 0 Å². The first-order valence-corrected chi connectivity index (χ1v) is 7.15. The second kappa shape index (κ2) is 6.66.